The van der Waals surface area contributed by atoms with Crippen LogP contribution < -0.4 is 5.73 Å². The molecule has 0 saturated carbocycles. The fraction of sp³-hybridized carbons (Fsp3) is 0.125. The lowest BCUT2D eigenvalue weighted by molar-refractivity contribution is 0.629. The molecule has 1 unspecified atom stereocenters. The number of rotatable bonds is 3. The van der Waals surface area contributed by atoms with Crippen LogP contribution in [-0.4, -0.2) is 11.5 Å². The first kappa shape index (κ1) is 11.9. The molecular formula is C16H15FN2. The molecule has 0 aliphatic heterocycles. The summed E-state index contributed by atoms with van der Waals surface area (Å²) in [5, 5.41) is 1.03. The van der Waals surface area contributed by atoms with Crippen molar-refractivity contribution in [3.63, 3.8) is 0 Å². The van der Waals surface area contributed by atoms with Gasteiger partial charge in [0.15, 0.2) is 0 Å². The number of hydrogen-bond donors (Lipinski definition) is 2. The molecular weight excluding hydrogens is 239 g/mol. The predicted octanol–water partition coefficient (Wildman–Crippen LogP) is 3.40. The third-order valence-corrected chi connectivity index (χ3v) is 3.49. The molecule has 0 aliphatic rings. The van der Waals surface area contributed by atoms with Crippen LogP contribution in [0, 0.1) is 5.82 Å². The molecule has 1 atom stereocenters. The van der Waals surface area contributed by atoms with E-state index >= 15 is 0 Å². The Kier molecular flexibility index (Phi) is 3.05. The second-order valence-electron chi connectivity index (χ2n) is 4.63. The summed E-state index contributed by atoms with van der Waals surface area (Å²) in [4.78, 5) is 3.12. The first-order chi connectivity index (χ1) is 9.29. The summed E-state index contributed by atoms with van der Waals surface area (Å²) in [6, 6.07) is 14.9. The van der Waals surface area contributed by atoms with Crippen molar-refractivity contribution in [2.24, 2.45) is 5.73 Å². The number of halogens is 1. The maximum absolute atomic E-state index is 13.2. The third-order valence-electron chi connectivity index (χ3n) is 3.49. The lowest BCUT2D eigenvalue weighted by Gasteiger charge is -2.14. The molecule has 0 spiro atoms. The predicted molar refractivity (Wildman–Crippen MR) is 75.6 cm³/mol. The van der Waals surface area contributed by atoms with Crippen molar-refractivity contribution >= 4 is 10.9 Å². The molecule has 19 heavy (non-hydrogen) atoms. The molecule has 2 aromatic carbocycles. The molecule has 3 aromatic rings. The highest BCUT2D eigenvalue weighted by Gasteiger charge is 2.16. The molecule has 96 valence electrons. The number of aromatic amines is 1. The fourth-order valence-corrected chi connectivity index (χ4v) is 2.54. The minimum atomic E-state index is -0.232. The molecule has 0 bridgehead atoms. The number of hydrogen-bond acceptors (Lipinski definition) is 1. The zero-order valence-corrected chi connectivity index (χ0v) is 10.4. The summed E-state index contributed by atoms with van der Waals surface area (Å²) in [7, 11) is 0. The summed E-state index contributed by atoms with van der Waals surface area (Å²) in [5.41, 5.74) is 9.03. The molecule has 0 radical (unpaired) electrons. The Balaban J connectivity index is 2.12. The van der Waals surface area contributed by atoms with E-state index in [2.05, 4.69) is 17.1 Å². The summed E-state index contributed by atoms with van der Waals surface area (Å²) in [6.07, 6.45) is 1.93. The van der Waals surface area contributed by atoms with E-state index in [0.717, 1.165) is 16.5 Å². The van der Waals surface area contributed by atoms with Gasteiger partial charge >= 0.3 is 0 Å². The Morgan fingerprint density at radius 2 is 1.89 bits per heavy atom. The first-order valence-corrected chi connectivity index (χ1v) is 6.31. The van der Waals surface area contributed by atoms with Crippen LogP contribution in [0.15, 0.2) is 54.7 Å². The standard InChI is InChI=1S/C16H15FN2/c17-12-6-7-13-15(10-19-16(13)8-12)14(9-18)11-4-2-1-3-5-11/h1-8,10,14,19H,9,18H2. The number of nitrogens with two attached hydrogens (primary N) is 1. The maximum Gasteiger partial charge on any atom is 0.125 e. The van der Waals surface area contributed by atoms with E-state index in [0.29, 0.717) is 6.54 Å². The first-order valence-electron chi connectivity index (χ1n) is 6.31. The molecule has 1 heterocycles. The Morgan fingerprint density at radius 3 is 2.63 bits per heavy atom. The molecule has 3 heteroatoms. The molecule has 2 nitrogen and oxygen atoms in total. The Labute approximate surface area is 111 Å². The Bertz CT molecular complexity index is 688. The van der Waals surface area contributed by atoms with Gasteiger partial charge in [-0.1, -0.05) is 30.3 Å². The normalized spacial score (nSPS) is 12.7. The van der Waals surface area contributed by atoms with Crippen molar-refractivity contribution in [2.45, 2.75) is 5.92 Å². The summed E-state index contributed by atoms with van der Waals surface area (Å²) in [5.74, 6) is -0.106. The van der Waals surface area contributed by atoms with Crippen molar-refractivity contribution in [3.8, 4) is 0 Å². The van der Waals surface area contributed by atoms with Crippen LogP contribution in [0.3, 0.4) is 0 Å². The van der Waals surface area contributed by atoms with Crippen molar-refractivity contribution in [3.05, 3.63) is 71.7 Å². The van der Waals surface area contributed by atoms with Crippen molar-refractivity contribution in [1.82, 2.24) is 4.98 Å². The second-order valence-corrected chi connectivity index (χ2v) is 4.63. The van der Waals surface area contributed by atoms with Gasteiger partial charge in [-0.3, -0.25) is 0 Å². The molecule has 3 rings (SSSR count). The van der Waals surface area contributed by atoms with Gasteiger partial charge in [0.1, 0.15) is 5.82 Å². The van der Waals surface area contributed by atoms with Crippen LogP contribution in [0.1, 0.15) is 17.0 Å². The SMILES string of the molecule is NCC(c1ccccc1)c1c[nH]c2cc(F)ccc12. The van der Waals surface area contributed by atoms with Gasteiger partial charge in [-0.25, -0.2) is 4.39 Å². The highest BCUT2D eigenvalue weighted by atomic mass is 19.1. The minimum Gasteiger partial charge on any atom is -0.361 e. The molecule has 0 fully saturated rings. The van der Waals surface area contributed by atoms with Crippen LogP contribution in [0.4, 0.5) is 4.39 Å². The Hall–Kier alpha value is -2.13. The average Bonchev–Trinajstić information content (AvgIpc) is 2.84. The number of benzene rings is 2. The summed E-state index contributed by atoms with van der Waals surface area (Å²) >= 11 is 0. The third kappa shape index (κ3) is 2.13. The second kappa shape index (κ2) is 4.86. The van der Waals surface area contributed by atoms with Gasteiger partial charge in [0.25, 0.3) is 0 Å². The van der Waals surface area contributed by atoms with Crippen LogP contribution in [-0.2, 0) is 0 Å². The van der Waals surface area contributed by atoms with Gasteiger partial charge in [0.05, 0.1) is 0 Å². The van der Waals surface area contributed by atoms with Gasteiger partial charge in [0.2, 0.25) is 0 Å². The van der Waals surface area contributed by atoms with E-state index in [1.807, 2.05) is 30.5 Å². The summed E-state index contributed by atoms with van der Waals surface area (Å²) < 4.78 is 13.2. The van der Waals surface area contributed by atoms with Crippen LogP contribution in [0.2, 0.25) is 0 Å². The lowest BCUT2D eigenvalue weighted by Crippen LogP contribution is -2.13. The van der Waals surface area contributed by atoms with E-state index in [9.17, 15) is 4.39 Å². The highest BCUT2D eigenvalue weighted by Crippen LogP contribution is 2.30. The van der Waals surface area contributed by atoms with Crippen molar-refractivity contribution < 1.29 is 4.39 Å². The number of H-pyrrole nitrogens is 1. The monoisotopic (exact) mass is 254 g/mol. The number of aromatic nitrogens is 1. The Morgan fingerprint density at radius 1 is 1.11 bits per heavy atom. The van der Waals surface area contributed by atoms with Gasteiger partial charge in [0, 0.05) is 29.6 Å². The number of nitrogens with one attached hydrogen (secondary N) is 1. The van der Waals surface area contributed by atoms with Gasteiger partial charge in [-0.05, 0) is 29.3 Å². The quantitative estimate of drug-likeness (QED) is 0.739. The minimum absolute atomic E-state index is 0.125. The van der Waals surface area contributed by atoms with E-state index in [-0.39, 0.29) is 11.7 Å². The molecule has 1 aromatic heterocycles. The van der Waals surface area contributed by atoms with Crippen molar-refractivity contribution in [2.75, 3.05) is 6.54 Å². The summed E-state index contributed by atoms with van der Waals surface area (Å²) in [6.45, 7) is 0.522. The highest BCUT2D eigenvalue weighted by molar-refractivity contribution is 5.84. The fourth-order valence-electron chi connectivity index (χ4n) is 2.54. The van der Waals surface area contributed by atoms with E-state index in [1.54, 1.807) is 0 Å². The van der Waals surface area contributed by atoms with E-state index < -0.39 is 0 Å². The lowest BCUT2D eigenvalue weighted by atomic mass is 9.91. The van der Waals surface area contributed by atoms with E-state index in [1.165, 1.54) is 17.7 Å². The number of fused-ring (bicyclic) bond motifs is 1. The smallest absolute Gasteiger partial charge is 0.125 e. The van der Waals surface area contributed by atoms with Crippen LogP contribution in [0.5, 0.6) is 0 Å². The molecule has 0 saturated heterocycles. The largest absolute Gasteiger partial charge is 0.361 e. The molecule has 0 aliphatic carbocycles. The zero-order valence-electron chi connectivity index (χ0n) is 10.4. The van der Waals surface area contributed by atoms with Crippen LogP contribution in [0.25, 0.3) is 10.9 Å². The molecule has 3 N–H and O–H groups in total. The average molecular weight is 254 g/mol. The van der Waals surface area contributed by atoms with Crippen LogP contribution >= 0.6 is 0 Å². The topological polar surface area (TPSA) is 41.8 Å². The zero-order chi connectivity index (χ0) is 13.2. The van der Waals surface area contributed by atoms with E-state index in [4.69, 9.17) is 5.73 Å². The maximum atomic E-state index is 13.2. The molecule has 0 amide bonds. The van der Waals surface area contributed by atoms with Gasteiger partial charge in [-0.2, -0.15) is 0 Å². The van der Waals surface area contributed by atoms with Crippen molar-refractivity contribution in [1.29, 1.82) is 0 Å². The van der Waals surface area contributed by atoms with Gasteiger partial charge < -0.3 is 10.7 Å². The van der Waals surface area contributed by atoms with Gasteiger partial charge in [-0.15, -0.1) is 0 Å².